The first kappa shape index (κ1) is 12.3. The molecule has 84 valence electrons. The van der Waals surface area contributed by atoms with E-state index in [9.17, 15) is 5.11 Å². The van der Waals surface area contributed by atoms with Gasteiger partial charge in [0.25, 0.3) is 0 Å². The summed E-state index contributed by atoms with van der Waals surface area (Å²) in [6, 6.07) is 8.19. The predicted octanol–water partition coefficient (Wildman–Crippen LogP) is 2.65. The molecule has 2 N–H and O–H groups in total. The molecule has 15 heavy (non-hydrogen) atoms. The minimum Gasteiger partial charge on any atom is -0.390 e. The maximum Gasteiger partial charge on any atom is 0.0873 e. The van der Waals surface area contributed by atoms with Crippen LogP contribution in [0.5, 0.6) is 0 Å². The van der Waals surface area contributed by atoms with Crippen LogP contribution in [-0.4, -0.2) is 23.1 Å². The van der Waals surface area contributed by atoms with Gasteiger partial charge in [0.2, 0.25) is 0 Å². The lowest BCUT2D eigenvalue weighted by Gasteiger charge is -2.19. The van der Waals surface area contributed by atoms with Crippen molar-refractivity contribution in [2.45, 2.75) is 32.4 Å². The van der Waals surface area contributed by atoms with Gasteiger partial charge in [0.15, 0.2) is 0 Å². The summed E-state index contributed by atoms with van der Waals surface area (Å²) < 4.78 is 0. The molecule has 0 amide bonds. The number of hydrogen-bond donors (Lipinski definition) is 2. The van der Waals surface area contributed by atoms with Crippen LogP contribution < -0.4 is 5.32 Å². The summed E-state index contributed by atoms with van der Waals surface area (Å²) >= 11 is 5.57. The molecule has 0 aliphatic carbocycles. The smallest absolute Gasteiger partial charge is 0.0873 e. The molecule has 0 aromatic heterocycles. The summed E-state index contributed by atoms with van der Waals surface area (Å²) in [6.07, 6.45) is 0.526. The second kappa shape index (κ2) is 5.99. The van der Waals surface area contributed by atoms with E-state index in [1.165, 1.54) is 5.56 Å². The molecule has 2 nitrogen and oxygen atoms in total. The fraction of sp³-hybridized carbons (Fsp3) is 0.500. The molecule has 0 bridgehead atoms. The standard InChI is InChI=1S/C12H18ClNO/c1-3-10-4-6-11(7-5-10)14-9(2)12(15)8-13/h4-7,9,12,14-15H,3,8H2,1-2H3. The quantitative estimate of drug-likeness (QED) is 0.759. The molecule has 1 aromatic rings. The molecule has 0 fully saturated rings. The van der Waals surface area contributed by atoms with Crippen molar-refractivity contribution in [3.05, 3.63) is 29.8 Å². The number of hydrogen-bond acceptors (Lipinski definition) is 2. The van der Waals surface area contributed by atoms with Crippen molar-refractivity contribution in [3.63, 3.8) is 0 Å². The molecule has 0 saturated carbocycles. The number of aryl methyl sites for hydroxylation is 1. The minimum absolute atomic E-state index is 0.0324. The van der Waals surface area contributed by atoms with Gasteiger partial charge in [0, 0.05) is 5.69 Å². The number of nitrogens with one attached hydrogen (secondary N) is 1. The Morgan fingerprint density at radius 3 is 2.40 bits per heavy atom. The first-order chi connectivity index (χ1) is 7.17. The lowest BCUT2D eigenvalue weighted by Crippen LogP contribution is -2.31. The average Bonchev–Trinajstić information content (AvgIpc) is 2.29. The fourth-order valence-corrected chi connectivity index (χ4v) is 1.60. The van der Waals surface area contributed by atoms with Crippen LogP contribution >= 0.6 is 11.6 Å². The summed E-state index contributed by atoms with van der Waals surface area (Å²) in [7, 11) is 0. The van der Waals surface area contributed by atoms with Gasteiger partial charge in [-0.15, -0.1) is 11.6 Å². The highest BCUT2D eigenvalue weighted by Gasteiger charge is 2.11. The first-order valence-electron chi connectivity index (χ1n) is 5.27. The maximum absolute atomic E-state index is 9.49. The van der Waals surface area contributed by atoms with Gasteiger partial charge >= 0.3 is 0 Å². The third kappa shape index (κ3) is 3.73. The Hall–Kier alpha value is -0.730. The topological polar surface area (TPSA) is 32.3 Å². The van der Waals surface area contributed by atoms with Crippen LogP contribution in [0.15, 0.2) is 24.3 Å². The Morgan fingerprint density at radius 1 is 1.33 bits per heavy atom. The number of anilines is 1. The van der Waals surface area contributed by atoms with E-state index >= 15 is 0 Å². The van der Waals surface area contributed by atoms with E-state index in [1.54, 1.807) is 0 Å². The molecule has 0 radical (unpaired) electrons. The molecule has 2 atom stereocenters. The molecule has 3 heteroatoms. The Labute approximate surface area is 96.3 Å². The summed E-state index contributed by atoms with van der Waals surface area (Å²) in [5.41, 5.74) is 2.33. The SMILES string of the molecule is CCc1ccc(NC(C)C(O)CCl)cc1. The van der Waals surface area contributed by atoms with Crippen molar-refractivity contribution >= 4 is 17.3 Å². The van der Waals surface area contributed by atoms with Crippen LogP contribution in [0.2, 0.25) is 0 Å². The summed E-state index contributed by atoms with van der Waals surface area (Å²) in [6.45, 7) is 4.04. The summed E-state index contributed by atoms with van der Waals surface area (Å²) in [5, 5.41) is 12.7. The van der Waals surface area contributed by atoms with Gasteiger partial charge in [0.1, 0.15) is 0 Å². The number of benzene rings is 1. The Balaban J connectivity index is 2.57. The highest BCUT2D eigenvalue weighted by Crippen LogP contribution is 2.12. The van der Waals surface area contributed by atoms with Crippen LogP contribution in [0.4, 0.5) is 5.69 Å². The molecule has 0 saturated heterocycles. The van der Waals surface area contributed by atoms with Crippen molar-refractivity contribution in [1.29, 1.82) is 0 Å². The van der Waals surface area contributed by atoms with Crippen LogP contribution in [0.1, 0.15) is 19.4 Å². The van der Waals surface area contributed by atoms with Crippen LogP contribution in [0.25, 0.3) is 0 Å². The zero-order chi connectivity index (χ0) is 11.3. The van der Waals surface area contributed by atoms with Gasteiger partial charge in [-0.25, -0.2) is 0 Å². The minimum atomic E-state index is -0.516. The van der Waals surface area contributed by atoms with Gasteiger partial charge in [-0.3, -0.25) is 0 Å². The molecule has 2 unspecified atom stereocenters. The molecule has 0 aliphatic rings. The Bertz CT molecular complexity index is 286. The number of aliphatic hydroxyl groups is 1. The number of halogens is 1. The van der Waals surface area contributed by atoms with E-state index in [4.69, 9.17) is 11.6 Å². The van der Waals surface area contributed by atoms with Crippen molar-refractivity contribution in [3.8, 4) is 0 Å². The Kier molecular flexibility index (Phi) is 4.92. The molecule has 1 aromatic carbocycles. The highest BCUT2D eigenvalue weighted by atomic mass is 35.5. The van der Waals surface area contributed by atoms with Crippen molar-refractivity contribution in [1.82, 2.24) is 0 Å². The summed E-state index contributed by atoms with van der Waals surface area (Å²) in [4.78, 5) is 0. The summed E-state index contributed by atoms with van der Waals surface area (Å²) in [5.74, 6) is 0.251. The van der Waals surface area contributed by atoms with Gasteiger partial charge in [-0.05, 0) is 31.0 Å². The Morgan fingerprint density at radius 2 is 1.93 bits per heavy atom. The average molecular weight is 228 g/mol. The van der Waals surface area contributed by atoms with Gasteiger partial charge < -0.3 is 10.4 Å². The molecular formula is C12H18ClNO. The predicted molar refractivity (Wildman–Crippen MR) is 65.6 cm³/mol. The normalized spacial score (nSPS) is 14.7. The number of alkyl halides is 1. The maximum atomic E-state index is 9.49. The molecular weight excluding hydrogens is 210 g/mol. The zero-order valence-electron chi connectivity index (χ0n) is 9.20. The van der Waals surface area contributed by atoms with Crippen molar-refractivity contribution in [2.24, 2.45) is 0 Å². The lowest BCUT2D eigenvalue weighted by molar-refractivity contribution is 0.181. The zero-order valence-corrected chi connectivity index (χ0v) is 9.96. The fourth-order valence-electron chi connectivity index (χ4n) is 1.33. The van der Waals surface area contributed by atoms with E-state index in [0.29, 0.717) is 0 Å². The monoisotopic (exact) mass is 227 g/mol. The van der Waals surface area contributed by atoms with E-state index in [-0.39, 0.29) is 11.9 Å². The van der Waals surface area contributed by atoms with E-state index < -0.39 is 6.10 Å². The van der Waals surface area contributed by atoms with E-state index in [0.717, 1.165) is 12.1 Å². The molecule has 0 aliphatic heterocycles. The third-order valence-corrected chi connectivity index (χ3v) is 2.81. The van der Waals surface area contributed by atoms with Gasteiger partial charge in [-0.2, -0.15) is 0 Å². The third-order valence-electron chi connectivity index (χ3n) is 2.49. The number of rotatable bonds is 5. The van der Waals surface area contributed by atoms with Crippen LogP contribution in [0, 0.1) is 0 Å². The van der Waals surface area contributed by atoms with Crippen LogP contribution in [-0.2, 0) is 6.42 Å². The first-order valence-corrected chi connectivity index (χ1v) is 5.80. The van der Waals surface area contributed by atoms with Crippen molar-refractivity contribution < 1.29 is 5.11 Å². The number of aliphatic hydroxyl groups excluding tert-OH is 1. The molecule has 1 rings (SSSR count). The van der Waals surface area contributed by atoms with Crippen LogP contribution in [0.3, 0.4) is 0 Å². The van der Waals surface area contributed by atoms with E-state index in [1.807, 2.05) is 19.1 Å². The van der Waals surface area contributed by atoms with Gasteiger partial charge in [0.05, 0.1) is 18.0 Å². The van der Waals surface area contributed by atoms with Gasteiger partial charge in [-0.1, -0.05) is 19.1 Å². The second-order valence-corrected chi connectivity index (χ2v) is 4.01. The molecule has 0 spiro atoms. The second-order valence-electron chi connectivity index (χ2n) is 3.71. The lowest BCUT2D eigenvalue weighted by atomic mass is 10.1. The highest BCUT2D eigenvalue weighted by molar-refractivity contribution is 6.18. The largest absolute Gasteiger partial charge is 0.390 e. The molecule has 0 heterocycles. The van der Waals surface area contributed by atoms with Crippen molar-refractivity contribution in [2.75, 3.05) is 11.2 Å². The van der Waals surface area contributed by atoms with E-state index in [2.05, 4.69) is 24.4 Å².